The van der Waals surface area contributed by atoms with Crippen molar-refractivity contribution >= 4 is 35.6 Å². The lowest BCUT2D eigenvalue weighted by Crippen LogP contribution is -2.58. The van der Waals surface area contributed by atoms with Crippen molar-refractivity contribution in [2.24, 2.45) is 28.1 Å². The number of phenolic OH excluding ortho intramolecular Hbond substituents is 1. The van der Waals surface area contributed by atoms with Crippen molar-refractivity contribution in [1.29, 1.82) is 0 Å². The van der Waals surface area contributed by atoms with Gasteiger partial charge in [0.1, 0.15) is 23.9 Å². The normalized spacial score (nSPS) is 14.5. The number of aromatic hydroxyl groups is 1. The van der Waals surface area contributed by atoms with Crippen LogP contribution in [0.3, 0.4) is 0 Å². The molecule has 0 saturated carbocycles. The van der Waals surface area contributed by atoms with E-state index in [1.54, 1.807) is 13.8 Å². The highest BCUT2D eigenvalue weighted by atomic mass is 16.4. The molecule has 0 saturated heterocycles. The highest BCUT2D eigenvalue weighted by molar-refractivity contribution is 5.95. The number of nitrogens with zero attached hydrogens (tertiary/aromatic N) is 1. The highest BCUT2D eigenvalue weighted by Crippen LogP contribution is 2.13. The van der Waals surface area contributed by atoms with Gasteiger partial charge in [0.15, 0.2) is 5.96 Å². The zero-order valence-electron chi connectivity index (χ0n) is 22.5. The molecule has 222 valence electrons. The fraction of sp³-hybridized carbons (Fsp3) is 0.520. The Balaban J connectivity index is 3.12. The van der Waals surface area contributed by atoms with Gasteiger partial charge in [-0.25, -0.2) is 4.79 Å². The molecule has 0 bridgehead atoms. The van der Waals surface area contributed by atoms with Crippen LogP contribution in [0, 0.1) is 5.92 Å². The van der Waals surface area contributed by atoms with E-state index in [0.717, 1.165) is 0 Å². The first-order valence-electron chi connectivity index (χ1n) is 12.7. The summed E-state index contributed by atoms with van der Waals surface area (Å²) in [4.78, 5) is 65.8. The summed E-state index contributed by atoms with van der Waals surface area (Å²) >= 11 is 0. The minimum Gasteiger partial charge on any atom is -0.508 e. The van der Waals surface area contributed by atoms with E-state index in [1.807, 2.05) is 0 Å². The molecule has 0 spiro atoms. The largest absolute Gasteiger partial charge is 0.508 e. The number of benzene rings is 1. The Hall–Kier alpha value is -4.40. The van der Waals surface area contributed by atoms with Crippen LogP contribution in [0.4, 0.5) is 0 Å². The van der Waals surface area contributed by atoms with E-state index in [0.29, 0.717) is 18.4 Å². The number of hydrogen-bond acceptors (Lipinski definition) is 8. The predicted molar refractivity (Wildman–Crippen MR) is 145 cm³/mol. The number of aliphatic imine (C=N–C) groups is 1. The summed E-state index contributed by atoms with van der Waals surface area (Å²) in [5.74, 6) is -5.93. The maximum absolute atomic E-state index is 13.3. The molecule has 0 fully saturated rings. The maximum Gasteiger partial charge on any atom is 0.326 e. The molecule has 15 nitrogen and oxygen atoms in total. The molecule has 5 atom stereocenters. The van der Waals surface area contributed by atoms with E-state index >= 15 is 0 Å². The zero-order valence-corrected chi connectivity index (χ0v) is 22.5. The van der Waals surface area contributed by atoms with Gasteiger partial charge in [0.05, 0.1) is 12.5 Å². The van der Waals surface area contributed by atoms with Crippen LogP contribution >= 0.6 is 0 Å². The molecule has 15 heteroatoms. The van der Waals surface area contributed by atoms with Gasteiger partial charge in [0.25, 0.3) is 0 Å². The van der Waals surface area contributed by atoms with E-state index < -0.39 is 66.2 Å². The van der Waals surface area contributed by atoms with Gasteiger partial charge < -0.3 is 48.5 Å². The van der Waals surface area contributed by atoms with Crippen LogP contribution in [-0.4, -0.2) is 81.7 Å². The van der Waals surface area contributed by atoms with E-state index in [1.165, 1.54) is 24.3 Å². The predicted octanol–water partition coefficient (Wildman–Crippen LogP) is -1.62. The molecule has 0 radical (unpaired) electrons. The molecule has 1 rings (SSSR count). The van der Waals surface area contributed by atoms with Crippen molar-refractivity contribution in [3.05, 3.63) is 29.8 Å². The molecule has 12 N–H and O–H groups in total. The first kappa shape index (κ1) is 33.6. The number of carbonyl (C=O) groups excluding carboxylic acids is 3. The van der Waals surface area contributed by atoms with Crippen LogP contribution in [0.25, 0.3) is 0 Å². The molecule has 0 aliphatic carbocycles. The molecular weight excluding hydrogens is 526 g/mol. The third-order valence-corrected chi connectivity index (χ3v) is 6.10. The SMILES string of the molecule is CCC(C)C(NC(=O)C(CC(=O)O)NC(=O)C(Cc1ccc(O)cc1)NC(=O)C(N)CCCN=C(N)N)C(=O)O. The van der Waals surface area contributed by atoms with Crippen LogP contribution < -0.4 is 33.2 Å². The number of amides is 3. The van der Waals surface area contributed by atoms with Gasteiger partial charge in [-0.3, -0.25) is 24.2 Å². The molecule has 0 aliphatic heterocycles. The Kier molecular flexibility index (Phi) is 13.9. The van der Waals surface area contributed by atoms with Crippen molar-refractivity contribution in [3.63, 3.8) is 0 Å². The summed E-state index contributed by atoms with van der Waals surface area (Å²) < 4.78 is 0. The second-order valence-corrected chi connectivity index (χ2v) is 9.36. The molecule has 1 aromatic carbocycles. The molecule has 3 amide bonds. The fourth-order valence-electron chi connectivity index (χ4n) is 3.60. The fourth-order valence-corrected chi connectivity index (χ4v) is 3.60. The molecule has 0 heterocycles. The number of aliphatic carboxylic acids is 2. The third-order valence-electron chi connectivity index (χ3n) is 6.10. The number of guanidine groups is 1. The van der Waals surface area contributed by atoms with Gasteiger partial charge in [-0.15, -0.1) is 0 Å². The topological polar surface area (TPSA) is 273 Å². The molecule has 1 aromatic rings. The van der Waals surface area contributed by atoms with Gasteiger partial charge in [-0.2, -0.15) is 0 Å². The summed E-state index contributed by atoms with van der Waals surface area (Å²) in [5.41, 5.74) is 17.0. The van der Waals surface area contributed by atoms with Gasteiger partial charge in [-0.05, 0) is 36.5 Å². The first-order valence-corrected chi connectivity index (χ1v) is 12.7. The summed E-state index contributed by atoms with van der Waals surface area (Å²) in [6.07, 6.45) is 0.0504. The van der Waals surface area contributed by atoms with Crippen molar-refractivity contribution in [3.8, 4) is 5.75 Å². The second-order valence-electron chi connectivity index (χ2n) is 9.36. The number of carboxylic acid groups (broad SMARTS) is 2. The third kappa shape index (κ3) is 12.0. The summed E-state index contributed by atoms with van der Waals surface area (Å²) in [6, 6.07) is 0.512. The van der Waals surface area contributed by atoms with E-state index in [-0.39, 0.29) is 31.1 Å². The van der Waals surface area contributed by atoms with E-state index in [2.05, 4.69) is 20.9 Å². The Labute approximate surface area is 231 Å². The molecule has 40 heavy (non-hydrogen) atoms. The van der Waals surface area contributed by atoms with Crippen LogP contribution in [0.5, 0.6) is 5.75 Å². The van der Waals surface area contributed by atoms with Crippen LogP contribution in [0.15, 0.2) is 29.3 Å². The summed E-state index contributed by atoms with van der Waals surface area (Å²) in [5, 5.41) is 35.5. The number of rotatable bonds is 17. The number of hydrogen-bond donors (Lipinski definition) is 9. The number of nitrogens with one attached hydrogen (secondary N) is 3. The summed E-state index contributed by atoms with van der Waals surface area (Å²) in [7, 11) is 0. The number of carboxylic acids is 2. The molecule has 0 aliphatic rings. The Morgan fingerprint density at radius 1 is 0.925 bits per heavy atom. The van der Waals surface area contributed by atoms with Crippen molar-refractivity contribution in [1.82, 2.24) is 16.0 Å². The average molecular weight is 566 g/mol. The van der Waals surface area contributed by atoms with Gasteiger partial charge in [0.2, 0.25) is 17.7 Å². The smallest absolute Gasteiger partial charge is 0.326 e. The number of phenols is 1. The Bertz CT molecular complexity index is 1060. The molecule has 0 aromatic heterocycles. The Morgan fingerprint density at radius 2 is 1.50 bits per heavy atom. The van der Waals surface area contributed by atoms with Crippen LogP contribution in [0.2, 0.25) is 0 Å². The van der Waals surface area contributed by atoms with Gasteiger partial charge >= 0.3 is 11.9 Å². The highest BCUT2D eigenvalue weighted by Gasteiger charge is 2.33. The lowest BCUT2D eigenvalue weighted by Gasteiger charge is -2.26. The van der Waals surface area contributed by atoms with Gasteiger partial charge in [-0.1, -0.05) is 32.4 Å². The monoisotopic (exact) mass is 565 g/mol. The molecular formula is C25H39N7O8. The average Bonchev–Trinajstić information content (AvgIpc) is 2.88. The first-order chi connectivity index (χ1) is 18.7. The van der Waals surface area contributed by atoms with E-state index in [4.69, 9.17) is 17.2 Å². The van der Waals surface area contributed by atoms with Crippen LogP contribution in [-0.2, 0) is 30.4 Å². The quantitative estimate of drug-likeness (QED) is 0.0587. The van der Waals surface area contributed by atoms with Crippen molar-refractivity contribution in [2.75, 3.05) is 6.54 Å². The Morgan fingerprint density at radius 3 is 2.02 bits per heavy atom. The minimum atomic E-state index is -1.64. The molecule has 5 unspecified atom stereocenters. The maximum atomic E-state index is 13.3. The van der Waals surface area contributed by atoms with E-state index in [9.17, 15) is 39.3 Å². The van der Waals surface area contributed by atoms with Crippen molar-refractivity contribution < 1.29 is 39.3 Å². The summed E-state index contributed by atoms with van der Waals surface area (Å²) in [6.45, 7) is 3.57. The van der Waals surface area contributed by atoms with Crippen molar-refractivity contribution in [2.45, 2.75) is 70.1 Å². The lowest BCUT2D eigenvalue weighted by molar-refractivity contribution is -0.144. The zero-order chi connectivity index (χ0) is 30.4. The standard InChI is InChI=1S/C25H39N7O8/c1-3-13(2)20(24(39)40)32-23(38)18(12-19(34)35)31-22(37)17(11-14-6-8-15(33)9-7-14)30-21(36)16(26)5-4-10-29-25(27)28/h6-9,13,16-18,20,33H,3-5,10-12,26H2,1-2H3,(H,30,36)(H,31,37)(H,32,38)(H,34,35)(H,39,40)(H4,27,28,29). The minimum absolute atomic E-state index is 0.0240. The van der Waals surface area contributed by atoms with Gasteiger partial charge in [0, 0.05) is 13.0 Å². The second kappa shape index (κ2) is 16.5. The van der Waals surface area contributed by atoms with Crippen LogP contribution in [0.1, 0.15) is 45.1 Å². The number of nitrogens with two attached hydrogens (primary N) is 3. The lowest BCUT2D eigenvalue weighted by atomic mass is 9.98. The number of carbonyl (C=O) groups is 5.